The lowest BCUT2D eigenvalue weighted by Crippen LogP contribution is -2.24. The molecule has 0 aromatic heterocycles. The zero-order valence-electron chi connectivity index (χ0n) is 15.6. The van der Waals surface area contributed by atoms with Gasteiger partial charge in [0.2, 0.25) is 15.9 Å². The van der Waals surface area contributed by atoms with E-state index in [1.54, 1.807) is 19.1 Å². The predicted octanol–water partition coefficient (Wildman–Crippen LogP) is 3.45. The summed E-state index contributed by atoms with van der Waals surface area (Å²) >= 11 is 0. The van der Waals surface area contributed by atoms with Crippen molar-refractivity contribution in [3.05, 3.63) is 65.2 Å². The molecule has 2 aromatic rings. The Kier molecular flexibility index (Phi) is 5.32. The molecule has 1 aliphatic rings. The van der Waals surface area contributed by atoms with Crippen molar-refractivity contribution in [3.63, 3.8) is 0 Å². The maximum atomic E-state index is 12.1. The number of carbonyl (C=O) groups excluding carboxylic acids is 1. The van der Waals surface area contributed by atoms with Crippen LogP contribution in [0.4, 0.5) is 5.69 Å². The lowest BCUT2D eigenvalue weighted by Gasteiger charge is -2.22. The second kappa shape index (κ2) is 7.52. The van der Waals surface area contributed by atoms with Gasteiger partial charge in [0, 0.05) is 19.0 Å². The van der Waals surface area contributed by atoms with Crippen molar-refractivity contribution in [1.29, 1.82) is 0 Å². The first-order valence-electron chi connectivity index (χ1n) is 8.84. The standard InChI is InChI=1S/C20H23N3O3S/c1-4-27(25,26)22-17-11-9-16(10-12-17)19-13-20(23(21-19)15(3)24)18-8-6-5-7-14(18)2/h5-12,20,22H,4,13H2,1-3H3/t20-/m0/s1. The molecule has 0 saturated heterocycles. The van der Waals surface area contributed by atoms with Gasteiger partial charge in [0.15, 0.2) is 0 Å². The summed E-state index contributed by atoms with van der Waals surface area (Å²) in [6.07, 6.45) is 0.616. The number of amides is 1. The first-order valence-corrected chi connectivity index (χ1v) is 10.5. The number of rotatable bonds is 5. The molecule has 0 radical (unpaired) electrons. The van der Waals surface area contributed by atoms with Crippen LogP contribution < -0.4 is 4.72 Å². The van der Waals surface area contributed by atoms with Crippen LogP contribution in [0.3, 0.4) is 0 Å². The van der Waals surface area contributed by atoms with Gasteiger partial charge >= 0.3 is 0 Å². The van der Waals surface area contributed by atoms with Gasteiger partial charge in [-0.1, -0.05) is 36.4 Å². The molecule has 27 heavy (non-hydrogen) atoms. The number of hydrazone groups is 1. The summed E-state index contributed by atoms with van der Waals surface area (Å²) in [6, 6.07) is 14.9. The molecule has 142 valence electrons. The minimum Gasteiger partial charge on any atom is -0.284 e. The third-order valence-corrected chi connectivity index (χ3v) is 5.96. The highest BCUT2D eigenvalue weighted by Crippen LogP contribution is 2.34. The van der Waals surface area contributed by atoms with Crippen LogP contribution in [0.15, 0.2) is 53.6 Å². The average Bonchev–Trinajstić information content (AvgIpc) is 3.08. The third kappa shape index (κ3) is 4.19. The molecule has 0 fully saturated rings. The molecule has 0 unspecified atom stereocenters. The Morgan fingerprint density at radius 2 is 1.85 bits per heavy atom. The Balaban J connectivity index is 1.86. The molecule has 1 aliphatic heterocycles. The van der Waals surface area contributed by atoms with Crippen LogP contribution in [0.5, 0.6) is 0 Å². The number of aryl methyl sites for hydroxylation is 1. The zero-order chi connectivity index (χ0) is 19.6. The number of anilines is 1. The summed E-state index contributed by atoms with van der Waals surface area (Å²) < 4.78 is 25.9. The van der Waals surface area contributed by atoms with Gasteiger partial charge in [0.25, 0.3) is 0 Å². The maximum absolute atomic E-state index is 12.1. The van der Waals surface area contributed by atoms with E-state index >= 15 is 0 Å². The molecule has 0 saturated carbocycles. The Morgan fingerprint density at radius 3 is 2.44 bits per heavy atom. The highest BCUT2D eigenvalue weighted by molar-refractivity contribution is 7.92. The van der Waals surface area contributed by atoms with Gasteiger partial charge in [-0.2, -0.15) is 5.10 Å². The minimum atomic E-state index is -3.31. The summed E-state index contributed by atoms with van der Waals surface area (Å²) in [7, 11) is -3.31. The van der Waals surface area contributed by atoms with Crippen LogP contribution in [0, 0.1) is 6.92 Å². The van der Waals surface area contributed by atoms with Gasteiger partial charge in [-0.05, 0) is 42.7 Å². The molecular weight excluding hydrogens is 362 g/mol. The maximum Gasteiger partial charge on any atom is 0.240 e. The molecule has 0 aliphatic carbocycles. The molecule has 1 N–H and O–H groups in total. The third-order valence-electron chi connectivity index (χ3n) is 4.65. The van der Waals surface area contributed by atoms with Crippen molar-refractivity contribution in [2.24, 2.45) is 5.10 Å². The average molecular weight is 385 g/mol. The summed E-state index contributed by atoms with van der Waals surface area (Å²) in [5.41, 5.74) is 4.39. The fraction of sp³-hybridized carbons (Fsp3) is 0.300. The predicted molar refractivity (Wildman–Crippen MR) is 107 cm³/mol. The molecule has 0 bridgehead atoms. The molecular formula is C20H23N3O3S. The minimum absolute atomic E-state index is 0.0210. The highest BCUT2D eigenvalue weighted by Gasteiger charge is 2.32. The normalized spacial score (nSPS) is 16.9. The van der Waals surface area contributed by atoms with E-state index in [-0.39, 0.29) is 17.7 Å². The van der Waals surface area contributed by atoms with E-state index in [0.717, 1.165) is 22.4 Å². The van der Waals surface area contributed by atoms with Gasteiger partial charge in [0.05, 0.1) is 17.5 Å². The van der Waals surface area contributed by atoms with Crippen LogP contribution in [-0.4, -0.2) is 30.8 Å². The lowest BCUT2D eigenvalue weighted by atomic mass is 9.95. The number of benzene rings is 2. The van der Waals surface area contributed by atoms with Gasteiger partial charge in [-0.3, -0.25) is 9.52 Å². The number of nitrogens with zero attached hydrogens (tertiary/aromatic N) is 2. The van der Waals surface area contributed by atoms with Gasteiger partial charge in [-0.25, -0.2) is 13.4 Å². The topological polar surface area (TPSA) is 78.8 Å². The van der Waals surface area contributed by atoms with Crippen LogP contribution in [-0.2, 0) is 14.8 Å². The van der Waals surface area contributed by atoms with Crippen LogP contribution in [0.1, 0.15) is 43.0 Å². The van der Waals surface area contributed by atoms with Crippen molar-refractivity contribution in [2.75, 3.05) is 10.5 Å². The van der Waals surface area contributed by atoms with E-state index in [2.05, 4.69) is 9.82 Å². The summed E-state index contributed by atoms with van der Waals surface area (Å²) in [5.74, 6) is -0.0850. The number of sulfonamides is 1. The van der Waals surface area contributed by atoms with Crippen molar-refractivity contribution in [3.8, 4) is 0 Å². The Bertz CT molecular complexity index is 982. The summed E-state index contributed by atoms with van der Waals surface area (Å²) in [6.45, 7) is 5.13. The Labute approximate surface area is 159 Å². The van der Waals surface area contributed by atoms with E-state index in [1.165, 1.54) is 11.9 Å². The van der Waals surface area contributed by atoms with Crippen LogP contribution >= 0.6 is 0 Å². The van der Waals surface area contributed by atoms with Crippen molar-refractivity contribution < 1.29 is 13.2 Å². The summed E-state index contributed by atoms with van der Waals surface area (Å²) in [4.78, 5) is 12.1. The number of carbonyl (C=O) groups is 1. The molecule has 1 amide bonds. The summed E-state index contributed by atoms with van der Waals surface area (Å²) in [5, 5.41) is 6.07. The Morgan fingerprint density at radius 1 is 1.19 bits per heavy atom. The largest absolute Gasteiger partial charge is 0.284 e. The molecule has 3 rings (SSSR count). The van der Waals surface area contributed by atoms with E-state index < -0.39 is 10.0 Å². The fourth-order valence-electron chi connectivity index (χ4n) is 3.16. The van der Waals surface area contributed by atoms with E-state index in [1.807, 2.05) is 43.3 Å². The second-order valence-electron chi connectivity index (χ2n) is 6.57. The Hall–Kier alpha value is -2.67. The number of hydrogen-bond donors (Lipinski definition) is 1. The first-order chi connectivity index (χ1) is 12.8. The highest BCUT2D eigenvalue weighted by atomic mass is 32.2. The SMILES string of the molecule is CCS(=O)(=O)Nc1ccc(C2=NN(C(C)=O)[C@H](c3ccccc3C)C2)cc1. The van der Waals surface area contributed by atoms with E-state index in [0.29, 0.717) is 12.1 Å². The van der Waals surface area contributed by atoms with Gasteiger partial charge in [-0.15, -0.1) is 0 Å². The molecule has 1 atom stereocenters. The van der Waals surface area contributed by atoms with Crippen LogP contribution in [0.25, 0.3) is 0 Å². The van der Waals surface area contributed by atoms with Gasteiger partial charge < -0.3 is 0 Å². The number of hydrogen-bond acceptors (Lipinski definition) is 4. The van der Waals surface area contributed by atoms with Crippen molar-refractivity contribution in [1.82, 2.24) is 5.01 Å². The monoisotopic (exact) mass is 385 g/mol. The molecule has 1 heterocycles. The van der Waals surface area contributed by atoms with Crippen molar-refractivity contribution in [2.45, 2.75) is 33.2 Å². The quantitative estimate of drug-likeness (QED) is 0.856. The van der Waals surface area contributed by atoms with Crippen molar-refractivity contribution >= 4 is 27.3 Å². The van der Waals surface area contributed by atoms with E-state index in [4.69, 9.17) is 0 Å². The van der Waals surface area contributed by atoms with Gasteiger partial charge in [0.1, 0.15) is 0 Å². The first kappa shape index (κ1) is 19.1. The fourth-order valence-corrected chi connectivity index (χ4v) is 3.80. The smallest absolute Gasteiger partial charge is 0.240 e. The lowest BCUT2D eigenvalue weighted by molar-refractivity contribution is -0.130. The second-order valence-corrected chi connectivity index (χ2v) is 8.58. The van der Waals surface area contributed by atoms with E-state index in [9.17, 15) is 13.2 Å². The number of nitrogens with one attached hydrogen (secondary N) is 1. The molecule has 7 heteroatoms. The molecule has 6 nitrogen and oxygen atoms in total. The molecule has 2 aromatic carbocycles. The zero-order valence-corrected chi connectivity index (χ0v) is 16.5. The molecule has 0 spiro atoms. The van der Waals surface area contributed by atoms with Crippen LogP contribution in [0.2, 0.25) is 0 Å².